The van der Waals surface area contributed by atoms with E-state index >= 15 is 0 Å². The largest absolute Gasteiger partial charge is 0.241 e. The molecule has 0 aliphatic heterocycles. The molecule has 0 bridgehead atoms. The average molecular weight is 228 g/mol. The van der Waals surface area contributed by atoms with Gasteiger partial charge in [-0.15, -0.1) is 0 Å². The molecule has 2 aromatic rings. The lowest BCUT2D eigenvalue weighted by atomic mass is 9.78. The number of hydrogen-bond donors (Lipinski definition) is 0. The summed E-state index contributed by atoms with van der Waals surface area (Å²) in [5.41, 5.74) is 2.79. The summed E-state index contributed by atoms with van der Waals surface area (Å²) in [5, 5.41) is 4.23. The molecule has 17 heavy (non-hydrogen) atoms. The molecule has 0 N–H and O–H groups in total. The third-order valence-corrected chi connectivity index (χ3v) is 3.46. The fourth-order valence-corrected chi connectivity index (χ4v) is 1.84. The van der Waals surface area contributed by atoms with Crippen molar-refractivity contribution in [3.05, 3.63) is 48.3 Å². The van der Waals surface area contributed by atoms with Gasteiger partial charge in [-0.1, -0.05) is 39.8 Å². The monoisotopic (exact) mass is 228 g/mol. The minimum absolute atomic E-state index is 0.299. The third-order valence-electron chi connectivity index (χ3n) is 3.46. The van der Waals surface area contributed by atoms with E-state index in [0.29, 0.717) is 11.3 Å². The standard InChI is InChI=1S/C15H20N2/c1-12(15(2,3)4)13-6-8-14(9-7-13)17-11-5-10-16-17/h5-12H,1-4H3. The van der Waals surface area contributed by atoms with Crippen molar-refractivity contribution >= 4 is 0 Å². The summed E-state index contributed by atoms with van der Waals surface area (Å²) in [4.78, 5) is 0. The molecule has 2 rings (SSSR count). The lowest BCUT2D eigenvalue weighted by Gasteiger charge is -2.27. The lowest BCUT2D eigenvalue weighted by molar-refractivity contribution is 0.339. The summed E-state index contributed by atoms with van der Waals surface area (Å²) in [6.45, 7) is 9.11. The van der Waals surface area contributed by atoms with Crippen molar-refractivity contribution in [1.82, 2.24) is 9.78 Å². The van der Waals surface area contributed by atoms with Gasteiger partial charge >= 0.3 is 0 Å². The van der Waals surface area contributed by atoms with Gasteiger partial charge in [0.25, 0.3) is 0 Å². The summed E-state index contributed by atoms with van der Waals surface area (Å²) < 4.78 is 1.88. The normalized spacial score (nSPS) is 13.6. The maximum Gasteiger partial charge on any atom is 0.0645 e. The van der Waals surface area contributed by atoms with E-state index in [4.69, 9.17) is 0 Å². The van der Waals surface area contributed by atoms with Crippen LogP contribution in [0.5, 0.6) is 0 Å². The number of benzene rings is 1. The Labute approximate surface area is 103 Å². The van der Waals surface area contributed by atoms with Crippen molar-refractivity contribution < 1.29 is 0 Å². The van der Waals surface area contributed by atoms with Crippen LogP contribution in [0.4, 0.5) is 0 Å². The molecule has 0 spiro atoms. The predicted molar refractivity (Wildman–Crippen MR) is 71.4 cm³/mol. The average Bonchev–Trinajstić information content (AvgIpc) is 2.80. The van der Waals surface area contributed by atoms with E-state index in [9.17, 15) is 0 Å². The van der Waals surface area contributed by atoms with E-state index in [1.165, 1.54) is 5.56 Å². The Morgan fingerprint density at radius 2 is 1.76 bits per heavy atom. The summed E-state index contributed by atoms with van der Waals surface area (Å²) in [7, 11) is 0. The Morgan fingerprint density at radius 3 is 2.24 bits per heavy atom. The van der Waals surface area contributed by atoms with Crippen molar-refractivity contribution in [1.29, 1.82) is 0 Å². The number of rotatable bonds is 2. The van der Waals surface area contributed by atoms with Crippen LogP contribution < -0.4 is 0 Å². The molecule has 1 unspecified atom stereocenters. The number of nitrogens with zero attached hydrogens (tertiary/aromatic N) is 2. The van der Waals surface area contributed by atoms with Gasteiger partial charge < -0.3 is 0 Å². The van der Waals surface area contributed by atoms with E-state index in [2.05, 4.69) is 57.1 Å². The zero-order valence-electron chi connectivity index (χ0n) is 11.0. The Bertz CT molecular complexity index is 461. The van der Waals surface area contributed by atoms with Crippen LogP contribution in [0.25, 0.3) is 5.69 Å². The number of hydrogen-bond acceptors (Lipinski definition) is 1. The van der Waals surface area contributed by atoms with Gasteiger partial charge in [0.05, 0.1) is 5.69 Å². The molecule has 0 saturated heterocycles. The van der Waals surface area contributed by atoms with E-state index in [1.54, 1.807) is 6.20 Å². The van der Waals surface area contributed by atoms with Crippen LogP contribution in [0.15, 0.2) is 42.7 Å². The van der Waals surface area contributed by atoms with Crippen molar-refractivity contribution in [3.8, 4) is 5.69 Å². The summed E-state index contributed by atoms with van der Waals surface area (Å²) >= 11 is 0. The highest BCUT2D eigenvalue weighted by atomic mass is 15.3. The second-order valence-corrected chi connectivity index (χ2v) is 5.63. The third kappa shape index (κ3) is 2.57. The SMILES string of the molecule is CC(c1ccc(-n2cccn2)cc1)C(C)(C)C. The zero-order chi connectivity index (χ0) is 12.5. The van der Waals surface area contributed by atoms with Gasteiger partial charge in [0.2, 0.25) is 0 Å². The van der Waals surface area contributed by atoms with E-state index in [1.807, 2.05) is 16.9 Å². The quantitative estimate of drug-likeness (QED) is 0.759. The van der Waals surface area contributed by atoms with Crippen LogP contribution in [0.3, 0.4) is 0 Å². The maximum absolute atomic E-state index is 4.23. The van der Waals surface area contributed by atoms with Gasteiger partial charge in [-0.25, -0.2) is 4.68 Å². The summed E-state index contributed by atoms with van der Waals surface area (Å²) in [6.07, 6.45) is 3.76. The highest BCUT2D eigenvalue weighted by Crippen LogP contribution is 2.34. The van der Waals surface area contributed by atoms with Gasteiger partial charge in [0, 0.05) is 12.4 Å². The first-order chi connectivity index (χ1) is 7.98. The molecule has 1 heterocycles. The Balaban J connectivity index is 2.25. The van der Waals surface area contributed by atoms with Crippen LogP contribution in [-0.4, -0.2) is 9.78 Å². The minimum atomic E-state index is 0.299. The molecule has 1 aromatic carbocycles. The van der Waals surface area contributed by atoms with E-state index in [0.717, 1.165) is 5.69 Å². The van der Waals surface area contributed by atoms with E-state index in [-0.39, 0.29) is 0 Å². The molecular weight excluding hydrogens is 208 g/mol. The molecule has 0 aliphatic rings. The molecular formula is C15H20N2. The first kappa shape index (κ1) is 11.9. The molecule has 0 amide bonds. The molecule has 1 aromatic heterocycles. The molecule has 0 aliphatic carbocycles. The van der Waals surface area contributed by atoms with Crippen molar-refractivity contribution in [2.24, 2.45) is 5.41 Å². The predicted octanol–water partition coefficient (Wildman–Crippen LogP) is 4.02. The minimum Gasteiger partial charge on any atom is -0.241 e. The van der Waals surface area contributed by atoms with Crippen molar-refractivity contribution in [3.63, 3.8) is 0 Å². The molecule has 2 heteroatoms. The van der Waals surface area contributed by atoms with Gasteiger partial charge in [0.15, 0.2) is 0 Å². The van der Waals surface area contributed by atoms with Gasteiger partial charge in [-0.05, 0) is 35.1 Å². The van der Waals surface area contributed by atoms with E-state index < -0.39 is 0 Å². The van der Waals surface area contributed by atoms with Crippen LogP contribution in [0.2, 0.25) is 0 Å². The summed E-state index contributed by atoms with van der Waals surface area (Å²) in [6, 6.07) is 10.6. The maximum atomic E-state index is 4.23. The first-order valence-electron chi connectivity index (χ1n) is 6.08. The smallest absolute Gasteiger partial charge is 0.0645 e. The van der Waals surface area contributed by atoms with Crippen molar-refractivity contribution in [2.45, 2.75) is 33.6 Å². The zero-order valence-corrected chi connectivity index (χ0v) is 11.0. The van der Waals surface area contributed by atoms with Crippen molar-refractivity contribution in [2.75, 3.05) is 0 Å². The van der Waals surface area contributed by atoms with Crippen LogP contribution in [-0.2, 0) is 0 Å². The Morgan fingerprint density at radius 1 is 1.12 bits per heavy atom. The fourth-order valence-electron chi connectivity index (χ4n) is 1.84. The fraction of sp³-hybridized carbons (Fsp3) is 0.400. The van der Waals surface area contributed by atoms with Gasteiger partial charge in [-0.3, -0.25) is 0 Å². The molecule has 1 atom stereocenters. The molecule has 0 fully saturated rings. The van der Waals surface area contributed by atoms with Crippen LogP contribution >= 0.6 is 0 Å². The topological polar surface area (TPSA) is 17.8 Å². The molecule has 0 saturated carbocycles. The second-order valence-electron chi connectivity index (χ2n) is 5.63. The summed E-state index contributed by atoms with van der Waals surface area (Å²) in [5.74, 6) is 0.550. The van der Waals surface area contributed by atoms with Crippen LogP contribution in [0.1, 0.15) is 39.2 Å². The molecule has 0 radical (unpaired) electrons. The van der Waals surface area contributed by atoms with Gasteiger partial charge in [0.1, 0.15) is 0 Å². The first-order valence-corrected chi connectivity index (χ1v) is 6.08. The molecule has 90 valence electrons. The Hall–Kier alpha value is -1.57. The van der Waals surface area contributed by atoms with Gasteiger partial charge in [-0.2, -0.15) is 5.10 Å². The number of aromatic nitrogens is 2. The highest BCUT2D eigenvalue weighted by molar-refractivity contribution is 5.35. The van der Waals surface area contributed by atoms with Crippen LogP contribution in [0, 0.1) is 5.41 Å². The molecule has 2 nitrogen and oxygen atoms in total. The Kier molecular flexibility index (Phi) is 3.05. The second kappa shape index (κ2) is 4.36. The lowest BCUT2D eigenvalue weighted by Crippen LogP contribution is -2.15. The highest BCUT2D eigenvalue weighted by Gasteiger charge is 2.21.